The molecular weight excluding hydrogens is 288 g/mol. The van der Waals surface area contributed by atoms with Gasteiger partial charge in [0.1, 0.15) is 11.5 Å². The van der Waals surface area contributed by atoms with Crippen LogP contribution in [-0.2, 0) is 16.6 Å². The number of piperidine rings is 1. The Balaban J connectivity index is 1.89. The third-order valence-corrected chi connectivity index (χ3v) is 6.43. The average Bonchev–Trinajstić information content (AvgIpc) is 2.56. The van der Waals surface area contributed by atoms with E-state index in [9.17, 15) is 10.1 Å². The highest BCUT2D eigenvalue weighted by Gasteiger charge is 2.57. The molecular formula is C19H22N2O2. The standard InChI is InChI=1S/C19H22N2O2/c1-12-7-16-17-8-13-3-4-14(23-2)9-15(13)19(16,10-18(12)22)5-6-21(17)11-20/h3-4,9,12,16-17H,5-8,10H2,1-2H3/t12-,16-,17+,19+/m0/s1. The van der Waals surface area contributed by atoms with Crippen molar-refractivity contribution in [2.45, 2.75) is 44.1 Å². The van der Waals surface area contributed by atoms with Gasteiger partial charge in [-0.2, -0.15) is 5.26 Å². The minimum Gasteiger partial charge on any atom is -0.497 e. The zero-order chi connectivity index (χ0) is 16.2. The van der Waals surface area contributed by atoms with Crippen LogP contribution in [0.2, 0.25) is 0 Å². The Labute approximate surface area is 137 Å². The highest BCUT2D eigenvalue weighted by Crippen LogP contribution is 2.56. The fourth-order valence-corrected chi connectivity index (χ4v) is 5.21. The number of ether oxygens (including phenoxy) is 1. The molecule has 120 valence electrons. The number of hydrogen-bond donors (Lipinski definition) is 0. The second-order valence-corrected chi connectivity index (χ2v) is 7.38. The fraction of sp³-hybridized carbons (Fsp3) is 0.579. The molecule has 0 spiro atoms. The van der Waals surface area contributed by atoms with Crippen LogP contribution in [-0.4, -0.2) is 30.4 Å². The van der Waals surface area contributed by atoms with Crippen molar-refractivity contribution in [3.05, 3.63) is 29.3 Å². The van der Waals surface area contributed by atoms with Gasteiger partial charge in [0.05, 0.1) is 7.11 Å². The monoisotopic (exact) mass is 310 g/mol. The molecule has 4 rings (SSSR count). The van der Waals surface area contributed by atoms with Crippen molar-refractivity contribution in [1.29, 1.82) is 5.26 Å². The van der Waals surface area contributed by atoms with Crippen LogP contribution in [0.15, 0.2) is 18.2 Å². The lowest BCUT2D eigenvalue weighted by Gasteiger charge is -2.58. The van der Waals surface area contributed by atoms with Crippen LogP contribution in [0, 0.1) is 23.3 Å². The van der Waals surface area contributed by atoms with Gasteiger partial charge in [-0.1, -0.05) is 13.0 Å². The summed E-state index contributed by atoms with van der Waals surface area (Å²) in [4.78, 5) is 14.5. The maximum absolute atomic E-state index is 12.5. The summed E-state index contributed by atoms with van der Waals surface area (Å²) in [6, 6.07) is 6.51. The van der Waals surface area contributed by atoms with Crippen LogP contribution in [0.3, 0.4) is 0 Å². The second kappa shape index (κ2) is 4.99. The molecule has 0 aromatic heterocycles. The molecule has 0 unspecified atom stereocenters. The topological polar surface area (TPSA) is 53.3 Å². The molecule has 1 heterocycles. The van der Waals surface area contributed by atoms with Gasteiger partial charge in [-0.15, -0.1) is 0 Å². The van der Waals surface area contributed by atoms with E-state index in [1.54, 1.807) is 7.11 Å². The summed E-state index contributed by atoms with van der Waals surface area (Å²) in [5.41, 5.74) is 2.49. The number of benzene rings is 1. The van der Waals surface area contributed by atoms with E-state index in [0.717, 1.165) is 31.6 Å². The molecule has 1 saturated heterocycles. The quantitative estimate of drug-likeness (QED) is 0.748. The summed E-state index contributed by atoms with van der Waals surface area (Å²) in [6.45, 7) is 2.80. The molecule has 1 aromatic carbocycles. The van der Waals surface area contributed by atoms with Crippen molar-refractivity contribution in [1.82, 2.24) is 4.90 Å². The Morgan fingerprint density at radius 2 is 2.26 bits per heavy atom. The van der Waals surface area contributed by atoms with E-state index in [0.29, 0.717) is 18.1 Å². The number of carbonyl (C=O) groups is 1. The van der Waals surface area contributed by atoms with Gasteiger partial charge in [0, 0.05) is 30.3 Å². The van der Waals surface area contributed by atoms with Gasteiger partial charge in [0.15, 0.2) is 6.19 Å². The van der Waals surface area contributed by atoms with Gasteiger partial charge >= 0.3 is 0 Å². The zero-order valence-corrected chi connectivity index (χ0v) is 13.7. The van der Waals surface area contributed by atoms with E-state index in [1.807, 2.05) is 17.9 Å². The zero-order valence-electron chi connectivity index (χ0n) is 13.7. The predicted molar refractivity (Wildman–Crippen MR) is 86.0 cm³/mol. The lowest BCUT2D eigenvalue weighted by atomic mass is 9.51. The smallest absolute Gasteiger partial charge is 0.179 e. The van der Waals surface area contributed by atoms with Crippen molar-refractivity contribution in [3.63, 3.8) is 0 Å². The largest absolute Gasteiger partial charge is 0.497 e. The van der Waals surface area contributed by atoms with Gasteiger partial charge in [-0.05, 0) is 48.4 Å². The Hall–Kier alpha value is -2.02. The normalized spacial score (nSPS) is 35.1. The van der Waals surface area contributed by atoms with Crippen LogP contribution < -0.4 is 4.74 Å². The highest BCUT2D eigenvalue weighted by atomic mass is 16.5. The molecule has 2 aliphatic carbocycles. The van der Waals surface area contributed by atoms with Crippen LogP contribution in [0.4, 0.5) is 0 Å². The van der Waals surface area contributed by atoms with E-state index < -0.39 is 0 Å². The SMILES string of the molecule is COc1ccc2c(c1)[C@]13CCN(C#N)[C@H](C2)[C@@H]1C[C@H](C)C(=O)C3. The van der Waals surface area contributed by atoms with Crippen molar-refractivity contribution < 1.29 is 9.53 Å². The number of nitrogens with zero attached hydrogens (tertiary/aromatic N) is 2. The molecule has 1 saturated carbocycles. The van der Waals surface area contributed by atoms with Crippen molar-refractivity contribution in [2.75, 3.05) is 13.7 Å². The number of nitriles is 1. The summed E-state index contributed by atoms with van der Waals surface area (Å²) in [5.74, 6) is 1.75. The summed E-state index contributed by atoms with van der Waals surface area (Å²) < 4.78 is 5.44. The highest BCUT2D eigenvalue weighted by molar-refractivity contribution is 5.84. The van der Waals surface area contributed by atoms with Crippen molar-refractivity contribution >= 4 is 5.78 Å². The number of carbonyl (C=O) groups excluding carboxylic acids is 1. The first kappa shape index (κ1) is 14.6. The average molecular weight is 310 g/mol. The van der Waals surface area contributed by atoms with Gasteiger partial charge < -0.3 is 9.64 Å². The Bertz CT molecular complexity index is 708. The molecule has 1 aliphatic heterocycles. The number of hydrogen-bond acceptors (Lipinski definition) is 4. The first-order chi connectivity index (χ1) is 11.1. The minimum absolute atomic E-state index is 0.0935. The van der Waals surface area contributed by atoms with Crippen LogP contribution >= 0.6 is 0 Å². The minimum atomic E-state index is -0.0935. The molecule has 4 heteroatoms. The van der Waals surface area contributed by atoms with Gasteiger partial charge in [-0.25, -0.2) is 0 Å². The molecule has 2 fully saturated rings. The number of fused-ring (bicyclic) bond motifs is 1. The molecule has 3 aliphatic rings. The van der Waals surface area contributed by atoms with E-state index in [4.69, 9.17) is 4.74 Å². The number of Topliss-reactive ketones (excluding diaryl/α,β-unsaturated/α-hetero) is 1. The Kier molecular flexibility index (Phi) is 3.16. The molecule has 4 nitrogen and oxygen atoms in total. The number of methoxy groups -OCH3 is 1. The van der Waals surface area contributed by atoms with Crippen LogP contribution in [0.1, 0.15) is 37.3 Å². The summed E-state index contributed by atoms with van der Waals surface area (Å²) in [7, 11) is 1.69. The summed E-state index contributed by atoms with van der Waals surface area (Å²) in [5, 5.41) is 9.53. The third kappa shape index (κ3) is 1.92. The van der Waals surface area contributed by atoms with E-state index in [1.165, 1.54) is 11.1 Å². The predicted octanol–water partition coefficient (Wildman–Crippen LogP) is 2.66. The van der Waals surface area contributed by atoms with Gasteiger partial charge in [0.2, 0.25) is 0 Å². The number of likely N-dealkylation sites (tertiary alicyclic amines) is 1. The Morgan fingerprint density at radius 3 is 3.00 bits per heavy atom. The molecule has 2 bridgehead atoms. The molecule has 0 radical (unpaired) electrons. The molecule has 1 aromatic rings. The van der Waals surface area contributed by atoms with Crippen molar-refractivity contribution in [3.8, 4) is 11.9 Å². The maximum atomic E-state index is 12.5. The number of ketones is 1. The van der Waals surface area contributed by atoms with Crippen LogP contribution in [0.25, 0.3) is 0 Å². The first-order valence-corrected chi connectivity index (χ1v) is 8.45. The molecule has 23 heavy (non-hydrogen) atoms. The Morgan fingerprint density at radius 1 is 1.43 bits per heavy atom. The second-order valence-electron chi connectivity index (χ2n) is 7.38. The molecule has 0 N–H and O–H groups in total. The molecule has 0 amide bonds. The lowest BCUT2D eigenvalue weighted by molar-refractivity contribution is -0.131. The van der Waals surface area contributed by atoms with E-state index in [2.05, 4.69) is 18.3 Å². The van der Waals surface area contributed by atoms with E-state index in [-0.39, 0.29) is 17.4 Å². The number of rotatable bonds is 1. The summed E-state index contributed by atoms with van der Waals surface area (Å²) >= 11 is 0. The maximum Gasteiger partial charge on any atom is 0.179 e. The fourth-order valence-electron chi connectivity index (χ4n) is 5.21. The summed E-state index contributed by atoms with van der Waals surface area (Å²) in [6.07, 6.45) is 5.71. The van der Waals surface area contributed by atoms with Crippen molar-refractivity contribution in [2.24, 2.45) is 11.8 Å². The van der Waals surface area contributed by atoms with Crippen LogP contribution in [0.5, 0.6) is 5.75 Å². The van der Waals surface area contributed by atoms with E-state index >= 15 is 0 Å². The van der Waals surface area contributed by atoms with Gasteiger partial charge in [-0.3, -0.25) is 4.79 Å². The first-order valence-electron chi connectivity index (χ1n) is 8.45. The lowest BCUT2D eigenvalue weighted by Crippen LogP contribution is -2.61. The molecule has 4 atom stereocenters. The van der Waals surface area contributed by atoms with Gasteiger partial charge in [0.25, 0.3) is 0 Å². The third-order valence-electron chi connectivity index (χ3n) is 6.43.